The molecule has 38 heavy (non-hydrogen) atoms. The molecule has 0 fully saturated rings. The number of carbonyl (C=O) groups is 3. The van der Waals surface area contributed by atoms with Crippen molar-refractivity contribution in [3.05, 3.63) is 84.2 Å². The molecule has 0 spiro atoms. The molecule has 4 aromatic rings. The number of para-hydroxylation sites is 1. The zero-order chi connectivity index (χ0) is 27.1. The van der Waals surface area contributed by atoms with E-state index in [2.05, 4.69) is 34.5 Å². The normalized spacial score (nSPS) is 11.8. The zero-order valence-corrected chi connectivity index (χ0v) is 21.6. The fraction of sp³-hybridized carbons (Fsp3) is 0.286. The number of carbonyl (C=O) groups excluding carboxylic acids is 3. The van der Waals surface area contributed by atoms with Crippen LogP contribution in [0.5, 0.6) is 0 Å². The predicted octanol–water partition coefficient (Wildman–Crippen LogP) is 3.55. The Hall–Kier alpha value is -4.60. The average Bonchev–Trinajstić information content (AvgIpc) is 3.34. The number of pyridine rings is 1. The second kappa shape index (κ2) is 12.1. The molecule has 0 aliphatic heterocycles. The van der Waals surface area contributed by atoms with Crippen LogP contribution in [0.2, 0.25) is 0 Å². The summed E-state index contributed by atoms with van der Waals surface area (Å²) in [6.45, 7) is 4.47. The average molecular weight is 515 g/mol. The van der Waals surface area contributed by atoms with Gasteiger partial charge in [0.05, 0.1) is 18.2 Å². The molecule has 1 N–H and O–H groups in total. The van der Waals surface area contributed by atoms with Gasteiger partial charge in [-0.2, -0.15) is 0 Å². The molecule has 0 saturated heterocycles. The number of esters is 1. The van der Waals surface area contributed by atoms with E-state index in [0.29, 0.717) is 40.3 Å². The van der Waals surface area contributed by atoms with E-state index in [-0.39, 0.29) is 18.4 Å². The summed E-state index contributed by atoms with van der Waals surface area (Å²) < 4.78 is 6.31. The zero-order valence-electron chi connectivity index (χ0n) is 21.6. The molecule has 1 atom stereocenters. The van der Waals surface area contributed by atoms with Gasteiger partial charge in [0.25, 0.3) is 0 Å². The Bertz CT molecular complexity index is 1400. The van der Waals surface area contributed by atoms with E-state index in [1.54, 1.807) is 48.8 Å². The van der Waals surface area contributed by atoms with Gasteiger partial charge < -0.3 is 10.1 Å². The highest BCUT2D eigenvalue weighted by Crippen LogP contribution is 2.29. The van der Waals surface area contributed by atoms with Crippen LogP contribution in [-0.4, -0.2) is 51.4 Å². The van der Waals surface area contributed by atoms with Gasteiger partial charge in [0.1, 0.15) is 18.1 Å². The smallest absolute Gasteiger partial charge is 0.337 e. The van der Waals surface area contributed by atoms with Crippen molar-refractivity contribution in [2.24, 2.45) is 5.92 Å². The molecule has 2 amide bonds. The van der Waals surface area contributed by atoms with Gasteiger partial charge in [0.2, 0.25) is 11.8 Å². The number of fused-ring (bicyclic) bond motifs is 1. The number of anilines is 1. The Balaban J connectivity index is 1.76. The van der Waals surface area contributed by atoms with Crippen molar-refractivity contribution in [2.75, 3.05) is 18.6 Å². The topological polar surface area (TPSA) is 119 Å². The molecule has 2 heterocycles. The van der Waals surface area contributed by atoms with Gasteiger partial charge in [-0.1, -0.05) is 31.2 Å². The van der Waals surface area contributed by atoms with Crippen molar-refractivity contribution in [2.45, 2.75) is 32.9 Å². The van der Waals surface area contributed by atoms with E-state index < -0.39 is 12.0 Å². The number of hydrogen-bond donors (Lipinski definition) is 1. The second-order valence-electron chi connectivity index (χ2n) is 9.19. The summed E-state index contributed by atoms with van der Waals surface area (Å²) in [5, 5.41) is 11.3. The van der Waals surface area contributed by atoms with E-state index >= 15 is 0 Å². The van der Waals surface area contributed by atoms with Gasteiger partial charge in [0.15, 0.2) is 0 Å². The molecule has 0 saturated carbocycles. The molecule has 0 aliphatic carbocycles. The number of amides is 2. The molecule has 2 aromatic carbocycles. The first-order valence-corrected chi connectivity index (χ1v) is 12.4. The van der Waals surface area contributed by atoms with Crippen LogP contribution in [0.3, 0.4) is 0 Å². The molecule has 0 aliphatic rings. The largest absolute Gasteiger partial charge is 0.465 e. The maximum absolute atomic E-state index is 14.0. The minimum absolute atomic E-state index is 0.153. The van der Waals surface area contributed by atoms with E-state index in [1.807, 2.05) is 24.3 Å². The van der Waals surface area contributed by atoms with Crippen molar-refractivity contribution >= 4 is 34.5 Å². The van der Waals surface area contributed by atoms with Crippen molar-refractivity contribution in [1.82, 2.24) is 25.3 Å². The highest BCUT2D eigenvalue weighted by Gasteiger charge is 2.33. The monoisotopic (exact) mass is 514 g/mol. The first-order chi connectivity index (χ1) is 18.4. The molecular formula is C28H30N6O4. The predicted molar refractivity (Wildman–Crippen MR) is 142 cm³/mol. The lowest BCUT2D eigenvalue weighted by Gasteiger charge is -2.31. The van der Waals surface area contributed by atoms with Gasteiger partial charge in [0, 0.05) is 24.6 Å². The second-order valence-corrected chi connectivity index (χ2v) is 9.19. The number of rotatable bonds is 10. The van der Waals surface area contributed by atoms with Crippen LogP contribution in [0.25, 0.3) is 11.0 Å². The Morgan fingerprint density at radius 1 is 1.00 bits per heavy atom. The molecule has 2 aromatic heterocycles. The maximum Gasteiger partial charge on any atom is 0.337 e. The van der Waals surface area contributed by atoms with Crippen molar-refractivity contribution in [1.29, 1.82) is 0 Å². The standard InChI is InChI=1S/C28H30N6O4/c1-19(2)12-17-30-27(36)26(20-13-15-29-16-14-20)34(22-10-8-21(9-11-22)28(37)38-3)25(35)18-33-24-7-5-4-6-23(24)31-32-33/h4-11,13-16,19,26H,12,17-18H2,1-3H3,(H,30,36)/t26-/m0/s1. The first kappa shape index (κ1) is 26.5. The summed E-state index contributed by atoms with van der Waals surface area (Å²) in [4.78, 5) is 45.1. The number of methoxy groups -OCH3 is 1. The van der Waals surface area contributed by atoms with Gasteiger partial charge in [-0.05, 0) is 66.4 Å². The van der Waals surface area contributed by atoms with Gasteiger partial charge in [-0.25, -0.2) is 9.48 Å². The maximum atomic E-state index is 14.0. The summed E-state index contributed by atoms with van der Waals surface area (Å²) in [5.74, 6) is -0.808. The number of nitrogens with zero attached hydrogens (tertiary/aromatic N) is 5. The molecule has 10 nitrogen and oxygen atoms in total. The van der Waals surface area contributed by atoms with E-state index in [1.165, 1.54) is 16.7 Å². The molecular weight excluding hydrogens is 484 g/mol. The molecule has 0 unspecified atom stereocenters. The van der Waals surface area contributed by atoms with Gasteiger partial charge >= 0.3 is 5.97 Å². The minimum atomic E-state index is -0.989. The van der Waals surface area contributed by atoms with Crippen LogP contribution >= 0.6 is 0 Å². The molecule has 4 rings (SSSR count). The lowest BCUT2D eigenvalue weighted by Crippen LogP contribution is -2.45. The van der Waals surface area contributed by atoms with Crippen LogP contribution in [0.15, 0.2) is 73.1 Å². The van der Waals surface area contributed by atoms with Crippen LogP contribution in [0.4, 0.5) is 5.69 Å². The number of nitrogens with one attached hydrogen (secondary N) is 1. The molecule has 0 radical (unpaired) electrons. The minimum Gasteiger partial charge on any atom is -0.465 e. The number of ether oxygens (including phenoxy) is 1. The summed E-state index contributed by atoms with van der Waals surface area (Å²) in [6.07, 6.45) is 3.96. The van der Waals surface area contributed by atoms with E-state index in [9.17, 15) is 14.4 Å². The Kier molecular flexibility index (Phi) is 8.42. The lowest BCUT2D eigenvalue weighted by atomic mass is 10.0. The van der Waals surface area contributed by atoms with Crippen LogP contribution < -0.4 is 10.2 Å². The van der Waals surface area contributed by atoms with E-state index in [0.717, 1.165) is 6.42 Å². The summed E-state index contributed by atoms with van der Waals surface area (Å²) in [6, 6.07) is 16.1. The summed E-state index contributed by atoms with van der Waals surface area (Å²) in [7, 11) is 1.30. The fourth-order valence-corrected chi connectivity index (χ4v) is 4.10. The van der Waals surface area contributed by atoms with Gasteiger partial charge in [-0.15, -0.1) is 5.10 Å². The quantitative estimate of drug-likeness (QED) is 0.322. The van der Waals surface area contributed by atoms with Crippen molar-refractivity contribution in [3.63, 3.8) is 0 Å². The van der Waals surface area contributed by atoms with E-state index in [4.69, 9.17) is 4.74 Å². The third-order valence-corrected chi connectivity index (χ3v) is 6.09. The third kappa shape index (κ3) is 6.03. The van der Waals surface area contributed by atoms with Crippen LogP contribution in [-0.2, 0) is 20.9 Å². The molecule has 0 bridgehead atoms. The summed E-state index contributed by atoms with van der Waals surface area (Å²) in [5.41, 5.74) is 2.71. The third-order valence-electron chi connectivity index (χ3n) is 6.09. The SMILES string of the molecule is COC(=O)c1ccc(N(C(=O)Cn2nnc3ccccc32)[C@H](C(=O)NCCC(C)C)c2ccncc2)cc1. The summed E-state index contributed by atoms with van der Waals surface area (Å²) >= 11 is 0. The highest BCUT2D eigenvalue weighted by atomic mass is 16.5. The van der Waals surface area contributed by atoms with Crippen LogP contribution in [0, 0.1) is 5.92 Å². The number of hydrogen-bond acceptors (Lipinski definition) is 7. The Morgan fingerprint density at radius 3 is 2.39 bits per heavy atom. The van der Waals surface area contributed by atoms with Gasteiger partial charge in [-0.3, -0.25) is 19.5 Å². The van der Waals surface area contributed by atoms with Crippen LogP contribution in [0.1, 0.15) is 42.2 Å². The lowest BCUT2D eigenvalue weighted by molar-refractivity contribution is -0.127. The molecule has 10 heteroatoms. The number of aromatic nitrogens is 4. The first-order valence-electron chi connectivity index (χ1n) is 12.4. The fourth-order valence-electron chi connectivity index (χ4n) is 4.10. The number of benzene rings is 2. The Labute approximate surface area is 220 Å². The van der Waals surface area contributed by atoms with Crippen molar-refractivity contribution < 1.29 is 19.1 Å². The Morgan fingerprint density at radius 2 is 1.71 bits per heavy atom. The highest BCUT2D eigenvalue weighted by molar-refractivity contribution is 6.02. The van der Waals surface area contributed by atoms with Crippen molar-refractivity contribution in [3.8, 4) is 0 Å². The molecule has 196 valence electrons.